The smallest absolute Gasteiger partial charge is 0.237 e. The summed E-state index contributed by atoms with van der Waals surface area (Å²) in [6, 6.07) is 7.76. The highest BCUT2D eigenvalue weighted by Crippen LogP contribution is 2.12. The van der Waals surface area contributed by atoms with E-state index in [-0.39, 0.29) is 5.91 Å². The molecule has 0 saturated carbocycles. The Balaban J connectivity index is 2.55. The molecule has 0 atom stereocenters. The first kappa shape index (κ1) is 13.5. The Kier molecular flexibility index (Phi) is 4.52. The molecule has 1 rings (SSSR count). The summed E-state index contributed by atoms with van der Waals surface area (Å²) in [6.07, 6.45) is 0. The molecule has 0 aliphatic rings. The van der Waals surface area contributed by atoms with E-state index in [1.807, 2.05) is 31.2 Å². The number of carbonyl (C=O) groups excluding carboxylic acids is 1. The Bertz CT molecular complexity index is 372. The number of primary amides is 1. The molecular weight excluding hydrogens is 216 g/mol. The van der Waals surface area contributed by atoms with Gasteiger partial charge in [0.1, 0.15) is 5.75 Å². The molecule has 1 aromatic carbocycles. The van der Waals surface area contributed by atoms with Gasteiger partial charge in [-0.2, -0.15) is 0 Å². The monoisotopic (exact) mass is 236 g/mol. The van der Waals surface area contributed by atoms with Gasteiger partial charge in [0, 0.05) is 6.54 Å². The molecular formula is C13H20N2O2. The maximum atomic E-state index is 11.1. The number of nitrogens with one attached hydrogen (secondary N) is 1. The molecule has 0 aliphatic carbocycles. The molecule has 0 bridgehead atoms. The Morgan fingerprint density at radius 1 is 1.35 bits per heavy atom. The lowest BCUT2D eigenvalue weighted by Crippen LogP contribution is -2.50. The zero-order valence-corrected chi connectivity index (χ0v) is 10.6. The quantitative estimate of drug-likeness (QED) is 0.785. The van der Waals surface area contributed by atoms with Crippen LogP contribution in [0.5, 0.6) is 5.75 Å². The fourth-order valence-electron chi connectivity index (χ4n) is 1.28. The molecule has 0 fully saturated rings. The molecule has 0 spiro atoms. The second kappa shape index (κ2) is 5.68. The minimum atomic E-state index is -0.696. The van der Waals surface area contributed by atoms with Crippen LogP contribution in [0.1, 0.15) is 26.3 Å². The van der Waals surface area contributed by atoms with Gasteiger partial charge >= 0.3 is 0 Å². The molecule has 0 radical (unpaired) electrons. The van der Waals surface area contributed by atoms with Crippen LogP contribution in [0.4, 0.5) is 0 Å². The zero-order valence-electron chi connectivity index (χ0n) is 10.6. The molecule has 1 aromatic rings. The van der Waals surface area contributed by atoms with Gasteiger partial charge < -0.3 is 10.5 Å². The van der Waals surface area contributed by atoms with E-state index in [0.29, 0.717) is 13.2 Å². The molecule has 0 unspecified atom stereocenters. The molecule has 0 aliphatic heterocycles. The summed E-state index contributed by atoms with van der Waals surface area (Å²) < 4.78 is 5.35. The largest absolute Gasteiger partial charge is 0.494 e. The Hall–Kier alpha value is -1.55. The SMILES string of the molecule is CCOc1ccc(CNC(C)(C)C(N)=O)cc1. The second-order valence-electron chi connectivity index (χ2n) is 4.42. The van der Waals surface area contributed by atoms with Crippen molar-refractivity contribution in [1.29, 1.82) is 0 Å². The number of hydrogen-bond acceptors (Lipinski definition) is 3. The summed E-state index contributed by atoms with van der Waals surface area (Å²) in [5, 5.41) is 3.11. The highest BCUT2D eigenvalue weighted by Gasteiger charge is 2.23. The molecule has 1 amide bonds. The summed E-state index contributed by atoms with van der Waals surface area (Å²) in [4.78, 5) is 11.1. The average molecular weight is 236 g/mol. The van der Waals surface area contributed by atoms with Gasteiger partial charge in [0.25, 0.3) is 0 Å². The van der Waals surface area contributed by atoms with Gasteiger partial charge in [-0.25, -0.2) is 0 Å². The number of carbonyl (C=O) groups is 1. The standard InChI is InChI=1S/C13H20N2O2/c1-4-17-11-7-5-10(6-8-11)9-15-13(2,3)12(14)16/h5-8,15H,4,9H2,1-3H3,(H2,14,16). The highest BCUT2D eigenvalue weighted by molar-refractivity contribution is 5.83. The maximum Gasteiger partial charge on any atom is 0.237 e. The topological polar surface area (TPSA) is 64.3 Å². The third kappa shape index (κ3) is 4.07. The van der Waals surface area contributed by atoms with E-state index in [1.165, 1.54) is 0 Å². The van der Waals surface area contributed by atoms with Gasteiger partial charge in [-0.15, -0.1) is 0 Å². The first-order valence-electron chi connectivity index (χ1n) is 5.72. The number of hydrogen-bond donors (Lipinski definition) is 2. The van der Waals surface area contributed by atoms with Crippen molar-refractivity contribution in [1.82, 2.24) is 5.32 Å². The van der Waals surface area contributed by atoms with E-state index in [1.54, 1.807) is 13.8 Å². The average Bonchev–Trinajstić information content (AvgIpc) is 2.28. The van der Waals surface area contributed by atoms with Crippen molar-refractivity contribution < 1.29 is 9.53 Å². The van der Waals surface area contributed by atoms with Gasteiger partial charge in [-0.3, -0.25) is 10.1 Å². The normalized spacial score (nSPS) is 11.2. The molecule has 4 heteroatoms. The molecule has 3 N–H and O–H groups in total. The zero-order chi connectivity index (χ0) is 12.9. The van der Waals surface area contributed by atoms with Crippen molar-refractivity contribution in [2.24, 2.45) is 5.73 Å². The van der Waals surface area contributed by atoms with E-state index >= 15 is 0 Å². The number of nitrogens with two attached hydrogens (primary N) is 1. The lowest BCUT2D eigenvalue weighted by atomic mass is 10.0. The van der Waals surface area contributed by atoms with E-state index < -0.39 is 5.54 Å². The van der Waals surface area contributed by atoms with Gasteiger partial charge in [0.2, 0.25) is 5.91 Å². The molecule has 0 saturated heterocycles. The van der Waals surface area contributed by atoms with Crippen LogP contribution in [0, 0.1) is 0 Å². The maximum absolute atomic E-state index is 11.1. The van der Waals surface area contributed by atoms with E-state index in [0.717, 1.165) is 11.3 Å². The molecule has 17 heavy (non-hydrogen) atoms. The number of amides is 1. The van der Waals surface area contributed by atoms with Crippen molar-refractivity contribution >= 4 is 5.91 Å². The summed E-state index contributed by atoms with van der Waals surface area (Å²) in [6.45, 7) is 6.74. The van der Waals surface area contributed by atoms with Gasteiger partial charge in [0.15, 0.2) is 0 Å². The molecule has 94 valence electrons. The van der Waals surface area contributed by atoms with Crippen molar-refractivity contribution in [3.8, 4) is 5.75 Å². The fourth-order valence-corrected chi connectivity index (χ4v) is 1.28. The van der Waals surface area contributed by atoms with Crippen LogP contribution in [0.15, 0.2) is 24.3 Å². The third-order valence-electron chi connectivity index (χ3n) is 2.58. The van der Waals surface area contributed by atoms with E-state index in [9.17, 15) is 4.79 Å². The van der Waals surface area contributed by atoms with Crippen LogP contribution in [0.2, 0.25) is 0 Å². The highest BCUT2D eigenvalue weighted by atomic mass is 16.5. The minimum Gasteiger partial charge on any atom is -0.494 e. The lowest BCUT2D eigenvalue weighted by molar-refractivity contribution is -0.123. The van der Waals surface area contributed by atoms with Gasteiger partial charge in [-0.1, -0.05) is 12.1 Å². The van der Waals surface area contributed by atoms with Crippen LogP contribution < -0.4 is 15.8 Å². The summed E-state index contributed by atoms with van der Waals surface area (Å²) in [5.41, 5.74) is 5.67. The minimum absolute atomic E-state index is 0.358. The summed E-state index contributed by atoms with van der Waals surface area (Å²) in [7, 11) is 0. The van der Waals surface area contributed by atoms with E-state index in [2.05, 4.69) is 5.32 Å². The predicted octanol–water partition coefficient (Wildman–Crippen LogP) is 1.44. The number of benzene rings is 1. The van der Waals surface area contributed by atoms with Crippen molar-refractivity contribution in [3.05, 3.63) is 29.8 Å². The Morgan fingerprint density at radius 2 is 1.94 bits per heavy atom. The fraction of sp³-hybridized carbons (Fsp3) is 0.462. The molecule has 4 nitrogen and oxygen atoms in total. The van der Waals surface area contributed by atoms with E-state index in [4.69, 9.17) is 10.5 Å². The molecule has 0 aromatic heterocycles. The first-order valence-corrected chi connectivity index (χ1v) is 5.72. The third-order valence-corrected chi connectivity index (χ3v) is 2.58. The van der Waals surface area contributed by atoms with Gasteiger partial charge in [-0.05, 0) is 38.5 Å². The van der Waals surface area contributed by atoms with Crippen LogP contribution in [-0.2, 0) is 11.3 Å². The van der Waals surface area contributed by atoms with Crippen LogP contribution >= 0.6 is 0 Å². The van der Waals surface area contributed by atoms with Crippen LogP contribution in [-0.4, -0.2) is 18.1 Å². The first-order chi connectivity index (χ1) is 7.95. The Morgan fingerprint density at radius 3 is 2.41 bits per heavy atom. The van der Waals surface area contributed by atoms with Crippen molar-refractivity contribution in [2.75, 3.05) is 6.61 Å². The van der Waals surface area contributed by atoms with Gasteiger partial charge in [0.05, 0.1) is 12.1 Å². The van der Waals surface area contributed by atoms with Crippen LogP contribution in [0.3, 0.4) is 0 Å². The lowest BCUT2D eigenvalue weighted by Gasteiger charge is -2.22. The van der Waals surface area contributed by atoms with Crippen molar-refractivity contribution in [3.63, 3.8) is 0 Å². The second-order valence-corrected chi connectivity index (χ2v) is 4.42. The summed E-state index contributed by atoms with van der Waals surface area (Å²) in [5.74, 6) is 0.494. The predicted molar refractivity (Wildman–Crippen MR) is 67.7 cm³/mol. The number of ether oxygens (including phenoxy) is 1. The summed E-state index contributed by atoms with van der Waals surface area (Å²) >= 11 is 0. The number of rotatable bonds is 6. The Labute approximate surface area is 102 Å². The molecule has 0 heterocycles. The van der Waals surface area contributed by atoms with Crippen molar-refractivity contribution in [2.45, 2.75) is 32.9 Å². The van der Waals surface area contributed by atoms with Crippen LogP contribution in [0.25, 0.3) is 0 Å².